The zero-order chi connectivity index (χ0) is 16.2. The molecule has 0 aliphatic heterocycles. The number of allylic oxidation sites excluding steroid dienone is 1. The summed E-state index contributed by atoms with van der Waals surface area (Å²) in [6.07, 6.45) is 1.64. The van der Waals surface area contributed by atoms with Crippen molar-refractivity contribution < 1.29 is 4.74 Å². The maximum Gasteiger partial charge on any atom is 0.259 e. The van der Waals surface area contributed by atoms with Gasteiger partial charge in [0.15, 0.2) is 5.82 Å². The second-order valence-electron chi connectivity index (χ2n) is 4.84. The highest BCUT2D eigenvalue weighted by Crippen LogP contribution is 2.23. The van der Waals surface area contributed by atoms with Gasteiger partial charge >= 0.3 is 0 Å². The number of H-pyrrole nitrogens is 1. The Morgan fingerprint density at radius 1 is 1.22 bits per heavy atom. The van der Waals surface area contributed by atoms with E-state index in [-0.39, 0.29) is 17.0 Å². The van der Waals surface area contributed by atoms with Crippen molar-refractivity contribution in [2.24, 2.45) is 0 Å². The number of hydrogen-bond donors (Lipinski definition) is 1. The van der Waals surface area contributed by atoms with E-state index in [1.54, 1.807) is 43.5 Å². The number of fused-ring (bicyclic) bond motifs is 1. The maximum atomic E-state index is 12.1. The fourth-order valence-corrected chi connectivity index (χ4v) is 2.31. The Bertz CT molecular complexity index is 997. The highest BCUT2D eigenvalue weighted by Gasteiger charge is 2.09. The van der Waals surface area contributed by atoms with Gasteiger partial charge in [0.2, 0.25) is 0 Å². The predicted molar refractivity (Wildman–Crippen MR) is 88.8 cm³/mol. The molecule has 0 radical (unpaired) electrons. The van der Waals surface area contributed by atoms with E-state index in [0.717, 1.165) is 5.56 Å². The van der Waals surface area contributed by atoms with E-state index >= 15 is 0 Å². The van der Waals surface area contributed by atoms with Gasteiger partial charge in [-0.05, 0) is 24.3 Å². The molecule has 1 N–H and O–H groups in total. The van der Waals surface area contributed by atoms with E-state index in [1.807, 2.05) is 18.2 Å². The molecule has 3 aromatic rings. The van der Waals surface area contributed by atoms with Gasteiger partial charge in [-0.25, -0.2) is 4.98 Å². The van der Waals surface area contributed by atoms with Crippen molar-refractivity contribution in [2.75, 3.05) is 7.11 Å². The van der Waals surface area contributed by atoms with Gasteiger partial charge in [-0.2, -0.15) is 5.26 Å². The summed E-state index contributed by atoms with van der Waals surface area (Å²) < 4.78 is 5.27. The van der Waals surface area contributed by atoms with Crippen LogP contribution < -0.4 is 10.3 Å². The Labute approximate surface area is 132 Å². The number of aromatic nitrogens is 2. The molecule has 0 saturated carbocycles. The Hall–Kier alpha value is -3.39. The second-order valence-corrected chi connectivity index (χ2v) is 4.84. The van der Waals surface area contributed by atoms with Gasteiger partial charge in [-0.3, -0.25) is 4.79 Å². The quantitative estimate of drug-likeness (QED) is 0.754. The number of methoxy groups -OCH3 is 1. The number of nitrogens with one attached hydrogen (secondary N) is 1. The predicted octanol–water partition coefficient (Wildman–Crippen LogP) is 3.00. The number of benzene rings is 2. The summed E-state index contributed by atoms with van der Waals surface area (Å²) in [5.74, 6) is 0.880. The lowest BCUT2D eigenvalue weighted by atomic mass is 10.1. The number of nitrogens with zero attached hydrogens (tertiary/aromatic N) is 2. The van der Waals surface area contributed by atoms with Gasteiger partial charge in [0.05, 0.1) is 23.6 Å². The van der Waals surface area contributed by atoms with Crippen LogP contribution in [0.4, 0.5) is 0 Å². The average molecular weight is 303 g/mol. The largest absolute Gasteiger partial charge is 0.496 e. The molecular formula is C18H13N3O2. The van der Waals surface area contributed by atoms with Crippen LogP contribution in [0.15, 0.2) is 53.3 Å². The Morgan fingerprint density at radius 3 is 2.74 bits per heavy atom. The van der Waals surface area contributed by atoms with Crippen LogP contribution in [0.2, 0.25) is 0 Å². The molecule has 0 aliphatic carbocycles. The third-order valence-electron chi connectivity index (χ3n) is 3.43. The zero-order valence-electron chi connectivity index (χ0n) is 12.4. The van der Waals surface area contributed by atoms with E-state index in [2.05, 4.69) is 16.0 Å². The lowest BCUT2D eigenvalue weighted by Gasteiger charge is -2.05. The van der Waals surface area contributed by atoms with E-state index in [4.69, 9.17) is 4.74 Å². The summed E-state index contributed by atoms with van der Waals surface area (Å²) in [5.41, 5.74) is 1.28. The number of nitriles is 1. The molecule has 0 atom stereocenters. The fraction of sp³-hybridized carbons (Fsp3) is 0.0556. The molecule has 0 spiro atoms. The highest BCUT2D eigenvalue weighted by atomic mass is 16.5. The monoisotopic (exact) mass is 303 g/mol. The Kier molecular flexibility index (Phi) is 3.89. The van der Waals surface area contributed by atoms with E-state index in [0.29, 0.717) is 16.7 Å². The van der Waals surface area contributed by atoms with E-state index in [9.17, 15) is 10.1 Å². The molecule has 0 aliphatic rings. The van der Waals surface area contributed by atoms with Crippen LogP contribution in [-0.4, -0.2) is 17.1 Å². The molecule has 112 valence electrons. The summed E-state index contributed by atoms with van der Waals surface area (Å²) in [6.45, 7) is 0. The zero-order valence-corrected chi connectivity index (χ0v) is 12.4. The first-order valence-electron chi connectivity index (χ1n) is 6.97. The first kappa shape index (κ1) is 14.5. The van der Waals surface area contributed by atoms with Crippen LogP contribution in [0.5, 0.6) is 5.75 Å². The second kappa shape index (κ2) is 6.16. The molecule has 0 saturated heterocycles. The van der Waals surface area contributed by atoms with Crippen molar-refractivity contribution >= 4 is 22.6 Å². The van der Waals surface area contributed by atoms with E-state index < -0.39 is 0 Å². The lowest BCUT2D eigenvalue weighted by molar-refractivity contribution is 0.414. The van der Waals surface area contributed by atoms with Crippen LogP contribution >= 0.6 is 0 Å². The number of aromatic amines is 1. The van der Waals surface area contributed by atoms with Gasteiger partial charge in [0.1, 0.15) is 11.8 Å². The minimum Gasteiger partial charge on any atom is -0.496 e. The molecule has 5 heteroatoms. The van der Waals surface area contributed by atoms with Crippen LogP contribution in [-0.2, 0) is 0 Å². The molecule has 23 heavy (non-hydrogen) atoms. The third kappa shape index (κ3) is 2.83. The van der Waals surface area contributed by atoms with E-state index in [1.165, 1.54) is 0 Å². The van der Waals surface area contributed by atoms with Crippen LogP contribution in [0.1, 0.15) is 11.4 Å². The third-order valence-corrected chi connectivity index (χ3v) is 3.43. The Balaban J connectivity index is 2.17. The van der Waals surface area contributed by atoms with Gasteiger partial charge in [0, 0.05) is 5.56 Å². The van der Waals surface area contributed by atoms with Gasteiger partial charge in [0.25, 0.3) is 5.56 Å². The van der Waals surface area contributed by atoms with Crippen molar-refractivity contribution in [2.45, 2.75) is 0 Å². The van der Waals surface area contributed by atoms with Crippen LogP contribution in [0, 0.1) is 11.3 Å². The first-order chi connectivity index (χ1) is 11.2. The topological polar surface area (TPSA) is 78.8 Å². The van der Waals surface area contributed by atoms with Crippen molar-refractivity contribution in [1.29, 1.82) is 5.26 Å². The SMILES string of the molecule is COc1ccccc1C=C(C#N)c1nc2ccccc2c(=O)[nH]1. The standard InChI is InChI=1S/C18H13N3O2/c1-23-16-9-5-2-6-12(16)10-13(11-19)17-20-15-8-4-3-7-14(15)18(22)21-17/h2-10H,1H3,(H,20,21,22). The van der Waals surface area contributed by atoms with Crippen molar-refractivity contribution in [1.82, 2.24) is 9.97 Å². The summed E-state index contributed by atoms with van der Waals surface area (Å²) in [7, 11) is 1.56. The first-order valence-corrected chi connectivity index (χ1v) is 6.97. The molecule has 5 nitrogen and oxygen atoms in total. The molecule has 2 aromatic carbocycles. The summed E-state index contributed by atoms with van der Waals surface area (Å²) in [5, 5.41) is 9.94. The fourth-order valence-electron chi connectivity index (χ4n) is 2.31. The number of ether oxygens (including phenoxy) is 1. The minimum atomic E-state index is -0.272. The molecule has 0 unspecified atom stereocenters. The van der Waals surface area contributed by atoms with Gasteiger partial charge < -0.3 is 9.72 Å². The molecule has 1 heterocycles. The Morgan fingerprint density at radius 2 is 1.96 bits per heavy atom. The smallest absolute Gasteiger partial charge is 0.259 e. The maximum absolute atomic E-state index is 12.1. The van der Waals surface area contributed by atoms with Crippen molar-refractivity contribution in [3.63, 3.8) is 0 Å². The average Bonchev–Trinajstić information content (AvgIpc) is 2.60. The van der Waals surface area contributed by atoms with Crippen molar-refractivity contribution in [3.8, 4) is 11.8 Å². The summed E-state index contributed by atoms with van der Waals surface area (Å²) >= 11 is 0. The molecule has 3 rings (SSSR count). The minimum absolute atomic E-state index is 0.238. The molecule has 1 aromatic heterocycles. The highest BCUT2D eigenvalue weighted by molar-refractivity contribution is 5.90. The van der Waals surface area contributed by atoms with Crippen LogP contribution in [0.25, 0.3) is 22.6 Å². The normalized spacial score (nSPS) is 11.2. The summed E-state index contributed by atoms with van der Waals surface area (Å²) in [6, 6.07) is 16.4. The molecule has 0 amide bonds. The van der Waals surface area contributed by atoms with Gasteiger partial charge in [-0.15, -0.1) is 0 Å². The number of rotatable bonds is 3. The number of para-hydroxylation sites is 2. The molecular weight excluding hydrogens is 290 g/mol. The summed E-state index contributed by atoms with van der Waals surface area (Å²) in [4.78, 5) is 19.2. The van der Waals surface area contributed by atoms with Gasteiger partial charge in [-0.1, -0.05) is 30.3 Å². The molecule has 0 bridgehead atoms. The number of hydrogen-bond acceptors (Lipinski definition) is 4. The molecule has 0 fully saturated rings. The van der Waals surface area contributed by atoms with Crippen LogP contribution in [0.3, 0.4) is 0 Å². The van der Waals surface area contributed by atoms with Crippen molar-refractivity contribution in [3.05, 3.63) is 70.3 Å². The lowest BCUT2D eigenvalue weighted by Crippen LogP contribution is -2.11.